The highest BCUT2D eigenvalue weighted by Gasteiger charge is 2.30. The number of nitrogens with one attached hydrogen (secondary N) is 1. The van der Waals surface area contributed by atoms with E-state index in [4.69, 9.17) is 13.6 Å². The molecule has 2 N–H and O–H groups in total. The van der Waals surface area contributed by atoms with E-state index in [0.717, 1.165) is 37.9 Å². The van der Waals surface area contributed by atoms with Gasteiger partial charge in [-0.2, -0.15) is 0 Å². The fourth-order valence-corrected chi connectivity index (χ4v) is 12.0. The molecule has 0 aromatic heterocycles. The lowest BCUT2D eigenvalue weighted by molar-refractivity contribution is 0.261. The van der Waals surface area contributed by atoms with Crippen molar-refractivity contribution in [2.75, 3.05) is 19.9 Å². The zero-order valence-electron chi connectivity index (χ0n) is 12.3. The van der Waals surface area contributed by atoms with Gasteiger partial charge in [0.05, 0.1) is 13.3 Å². The minimum atomic E-state index is -1.83. The summed E-state index contributed by atoms with van der Waals surface area (Å²) < 4.78 is 32.2. The van der Waals surface area contributed by atoms with Crippen molar-refractivity contribution in [2.24, 2.45) is 0 Å². The molecule has 0 aliphatic carbocycles. The second kappa shape index (κ2) is 12.9. The molecule has 0 heterocycles. The van der Waals surface area contributed by atoms with Gasteiger partial charge in [-0.05, 0) is 44.6 Å². The largest absolute Gasteiger partial charge is 0.594 e. The molecule has 6 nitrogen and oxygen atoms in total. The highest BCUT2D eigenvalue weighted by molar-refractivity contribution is 7.05. The monoisotopic (exact) mass is 351 g/mol. The van der Waals surface area contributed by atoms with Crippen LogP contribution < -0.4 is 5.32 Å². The van der Waals surface area contributed by atoms with Crippen molar-refractivity contribution in [2.45, 2.75) is 44.4 Å². The Kier molecular flexibility index (Phi) is 13.0. The average Bonchev–Trinajstić information content (AvgIpc) is 2.43. The van der Waals surface area contributed by atoms with E-state index in [-0.39, 0.29) is 15.7 Å². The molecule has 0 fully saturated rings. The molecule has 20 heavy (non-hydrogen) atoms. The average molecular weight is 352 g/mol. The first-order valence-corrected chi connectivity index (χ1v) is 14.9. The van der Waals surface area contributed by atoms with Gasteiger partial charge in [0.25, 0.3) is 0 Å². The molecule has 0 aliphatic rings. The van der Waals surface area contributed by atoms with E-state index in [1.54, 1.807) is 0 Å². The summed E-state index contributed by atoms with van der Waals surface area (Å²) in [7, 11) is -4.36. The van der Waals surface area contributed by atoms with Crippen molar-refractivity contribution in [3.63, 3.8) is 0 Å². The van der Waals surface area contributed by atoms with Crippen LogP contribution in [-0.2, 0) is 17.5 Å². The van der Waals surface area contributed by atoms with Crippen LogP contribution in [0, 0.1) is 0 Å². The lowest BCUT2D eigenvalue weighted by atomic mass is 10.4. The third-order valence-electron chi connectivity index (χ3n) is 3.06. The van der Waals surface area contributed by atoms with E-state index < -0.39 is 26.5 Å². The highest BCUT2D eigenvalue weighted by Crippen LogP contribution is 2.22. The minimum absolute atomic E-state index is 0.000462. The van der Waals surface area contributed by atoms with Crippen LogP contribution in [-0.4, -0.2) is 60.4 Å². The molecule has 2 unspecified atom stereocenters. The number of unbranched alkanes of at least 4 members (excludes halogenated alkanes) is 1. The van der Waals surface area contributed by atoms with Crippen molar-refractivity contribution in [1.29, 1.82) is 0 Å². The lowest BCUT2D eigenvalue weighted by Gasteiger charge is -2.29. The summed E-state index contributed by atoms with van der Waals surface area (Å²) in [4.78, 5) is 0. The second-order valence-corrected chi connectivity index (χ2v) is 14.9. The first kappa shape index (κ1) is 20.1. The standard InChI is InChI=1S/C10H25NO5Si4/c1-19(18-14)16-20(2,9-5-6-11-10-12)8-4-3-7-15-17-13/h11-12,19H,3-10H2,1-2H3. The highest BCUT2D eigenvalue weighted by atomic mass is 29.2. The Balaban J connectivity index is 4.14. The van der Waals surface area contributed by atoms with Crippen LogP contribution in [0.1, 0.15) is 19.3 Å². The normalized spacial score (nSPS) is 15.3. The molecule has 0 aromatic rings. The molecular formula is C10H25NO5Si4. The van der Waals surface area contributed by atoms with E-state index in [9.17, 15) is 8.92 Å². The molecule has 0 aromatic carbocycles. The first-order chi connectivity index (χ1) is 9.58. The van der Waals surface area contributed by atoms with Crippen LogP contribution in [0.25, 0.3) is 0 Å². The Hall–Kier alpha value is 0.148. The summed E-state index contributed by atoms with van der Waals surface area (Å²) in [5.74, 6) is 0. The summed E-state index contributed by atoms with van der Waals surface area (Å²) in [5, 5.41) is 11.6. The van der Waals surface area contributed by atoms with E-state index >= 15 is 0 Å². The van der Waals surface area contributed by atoms with Crippen molar-refractivity contribution in [3.05, 3.63) is 0 Å². The molecule has 2 radical (unpaired) electrons. The van der Waals surface area contributed by atoms with Gasteiger partial charge in [-0.25, -0.2) is 0 Å². The van der Waals surface area contributed by atoms with Crippen LogP contribution in [0.3, 0.4) is 0 Å². The molecule has 2 atom stereocenters. The Morgan fingerprint density at radius 3 is 2.55 bits per heavy atom. The maximum atomic E-state index is 11.0. The Morgan fingerprint density at radius 2 is 1.95 bits per heavy atom. The molecule has 0 saturated heterocycles. The number of hydrogen-bond donors (Lipinski definition) is 2. The van der Waals surface area contributed by atoms with Crippen LogP contribution in [0.2, 0.25) is 25.2 Å². The van der Waals surface area contributed by atoms with E-state index in [1.807, 2.05) is 6.55 Å². The first-order valence-electron chi connectivity index (χ1n) is 6.94. The zero-order chi connectivity index (χ0) is 15.3. The maximum Gasteiger partial charge on any atom is 0.594 e. The van der Waals surface area contributed by atoms with Gasteiger partial charge in [0.1, 0.15) is 0 Å². The third-order valence-corrected chi connectivity index (χ3v) is 12.3. The summed E-state index contributed by atoms with van der Waals surface area (Å²) in [6.07, 6.45) is 2.83. The summed E-state index contributed by atoms with van der Waals surface area (Å²) in [5.41, 5.74) is 0. The van der Waals surface area contributed by atoms with Gasteiger partial charge in [-0.3, -0.25) is 5.32 Å². The quantitative estimate of drug-likeness (QED) is 0.264. The zero-order valence-corrected chi connectivity index (χ0v) is 16.5. The molecular weight excluding hydrogens is 326 g/mol. The summed E-state index contributed by atoms with van der Waals surface area (Å²) in [6.45, 7) is 5.48. The summed E-state index contributed by atoms with van der Waals surface area (Å²) >= 11 is 0. The molecule has 0 bridgehead atoms. The van der Waals surface area contributed by atoms with Crippen LogP contribution >= 0.6 is 0 Å². The maximum absolute atomic E-state index is 11.0. The van der Waals surface area contributed by atoms with Crippen molar-refractivity contribution in [3.8, 4) is 0 Å². The van der Waals surface area contributed by atoms with Gasteiger partial charge >= 0.3 is 18.6 Å². The lowest BCUT2D eigenvalue weighted by Crippen LogP contribution is -2.41. The van der Waals surface area contributed by atoms with E-state index in [0.29, 0.717) is 6.61 Å². The molecule has 0 rings (SSSR count). The molecule has 10 heteroatoms. The smallest absolute Gasteiger partial charge is 0.520 e. The molecule has 0 aliphatic heterocycles. The fourth-order valence-electron chi connectivity index (χ4n) is 2.07. The SMILES string of the molecule is C[SiH](O[Si](C)(CCCCO[Si]=O)CCCNCO)[Si]=O. The number of aliphatic hydroxyl groups excluding tert-OH is 1. The predicted molar refractivity (Wildman–Crippen MR) is 83.1 cm³/mol. The van der Waals surface area contributed by atoms with Crippen molar-refractivity contribution < 1.29 is 22.6 Å². The Morgan fingerprint density at radius 1 is 1.25 bits per heavy atom. The van der Waals surface area contributed by atoms with Crippen LogP contribution in [0.15, 0.2) is 0 Å². The topological polar surface area (TPSA) is 84.9 Å². The van der Waals surface area contributed by atoms with E-state index in [1.165, 1.54) is 0 Å². The van der Waals surface area contributed by atoms with Crippen molar-refractivity contribution in [1.82, 2.24) is 5.32 Å². The Labute approximate surface area is 128 Å². The molecule has 0 amide bonds. The van der Waals surface area contributed by atoms with E-state index in [2.05, 4.69) is 11.9 Å². The van der Waals surface area contributed by atoms with Gasteiger partial charge in [-0.15, -0.1) is 0 Å². The molecule has 0 saturated carbocycles. The Bertz CT molecular complexity index is 274. The predicted octanol–water partition coefficient (Wildman–Crippen LogP) is 0.169. The van der Waals surface area contributed by atoms with Gasteiger partial charge in [0.15, 0.2) is 8.32 Å². The van der Waals surface area contributed by atoms with Gasteiger partial charge < -0.3 is 22.6 Å². The fraction of sp³-hybridized carbons (Fsp3) is 1.00. The number of rotatable bonds is 14. The third kappa shape index (κ3) is 10.9. The number of hydrogen-bond acceptors (Lipinski definition) is 6. The van der Waals surface area contributed by atoms with Crippen molar-refractivity contribution >= 4 is 35.4 Å². The van der Waals surface area contributed by atoms with Gasteiger partial charge in [0, 0.05) is 0 Å². The van der Waals surface area contributed by atoms with Gasteiger partial charge in [-0.1, -0.05) is 6.42 Å². The summed E-state index contributed by atoms with van der Waals surface area (Å²) in [6, 6.07) is 2.02. The number of aliphatic hydroxyl groups is 1. The van der Waals surface area contributed by atoms with Crippen LogP contribution in [0.4, 0.5) is 0 Å². The minimum Gasteiger partial charge on any atom is -0.520 e. The van der Waals surface area contributed by atoms with Gasteiger partial charge in [0.2, 0.25) is 8.56 Å². The molecule has 0 spiro atoms. The second-order valence-electron chi connectivity index (χ2n) is 4.98. The van der Waals surface area contributed by atoms with Crippen LogP contribution in [0.5, 0.6) is 0 Å². The molecule has 116 valence electrons.